The van der Waals surface area contributed by atoms with E-state index in [1.54, 1.807) is 0 Å². The van der Waals surface area contributed by atoms with Crippen LogP contribution in [0.3, 0.4) is 0 Å². The normalized spacial score (nSPS) is 11.4. The molecule has 0 saturated carbocycles. The lowest BCUT2D eigenvalue weighted by atomic mass is 10.1. The fraction of sp³-hybridized carbons (Fsp3) is 0.222. The molecule has 0 N–H and O–H groups in total. The number of rotatable bonds is 1. The number of ether oxygens (including phenoxy) is 1. The van der Waals surface area contributed by atoms with Gasteiger partial charge in [-0.1, -0.05) is 11.6 Å². The number of hydrogen-bond acceptors (Lipinski definition) is 2. The van der Waals surface area contributed by atoms with Crippen LogP contribution in [0.5, 0.6) is 0 Å². The van der Waals surface area contributed by atoms with E-state index in [0.717, 1.165) is 7.11 Å². The Labute approximate surface area is 92.8 Å². The van der Waals surface area contributed by atoms with E-state index in [2.05, 4.69) is 4.74 Å². The molecule has 0 aliphatic rings. The molecule has 0 aliphatic heterocycles. The average Bonchev–Trinajstić information content (AvgIpc) is 2.18. The Morgan fingerprint density at radius 2 is 1.94 bits per heavy atom. The van der Waals surface area contributed by atoms with E-state index in [9.17, 15) is 22.4 Å². The highest BCUT2D eigenvalue weighted by Crippen LogP contribution is 2.35. The largest absolute Gasteiger partial charge is 0.465 e. The summed E-state index contributed by atoms with van der Waals surface area (Å²) in [5, 5.41) is -0.708. The molecule has 0 amide bonds. The van der Waals surface area contributed by atoms with Crippen molar-refractivity contribution in [1.29, 1.82) is 0 Å². The maximum atomic E-state index is 12.9. The van der Waals surface area contributed by atoms with Crippen molar-refractivity contribution >= 4 is 17.6 Å². The molecule has 0 unspecified atom stereocenters. The van der Waals surface area contributed by atoms with Gasteiger partial charge in [-0.2, -0.15) is 13.2 Å². The summed E-state index contributed by atoms with van der Waals surface area (Å²) < 4.78 is 54.5. The van der Waals surface area contributed by atoms with Gasteiger partial charge in [0.25, 0.3) is 0 Å². The Balaban J connectivity index is 3.45. The molecule has 16 heavy (non-hydrogen) atoms. The van der Waals surface area contributed by atoms with Gasteiger partial charge in [-0.15, -0.1) is 0 Å². The third-order valence-electron chi connectivity index (χ3n) is 1.77. The Morgan fingerprint density at radius 3 is 2.38 bits per heavy atom. The predicted octanol–water partition coefficient (Wildman–Crippen LogP) is 3.28. The lowest BCUT2D eigenvalue weighted by molar-refractivity contribution is -0.138. The SMILES string of the molecule is COC(=O)c1cc(F)c(Cl)cc1C(F)(F)F. The van der Waals surface area contributed by atoms with Gasteiger partial charge < -0.3 is 4.74 Å². The Kier molecular flexibility index (Phi) is 3.42. The molecule has 0 atom stereocenters. The third kappa shape index (κ3) is 2.44. The molecule has 0 heterocycles. The maximum Gasteiger partial charge on any atom is 0.417 e. The molecule has 1 rings (SSSR count). The fourth-order valence-electron chi connectivity index (χ4n) is 1.06. The average molecular weight is 257 g/mol. The second-order valence-electron chi connectivity index (χ2n) is 2.80. The van der Waals surface area contributed by atoms with Crippen LogP contribution >= 0.6 is 11.6 Å². The number of esters is 1. The van der Waals surface area contributed by atoms with Gasteiger partial charge >= 0.3 is 12.1 Å². The first-order valence-electron chi connectivity index (χ1n) is 3.92. The van der Waals surface area contributed by atoms with Crippen molar-refractivity contribution in [2.24, 2.45) is 0 Å². The zero-order chi connectivity index (χ0) is 12.5. The first-order valence-corrected chi connectivity index (χ1v) is 4.29. The molecule has 7 heteroatoms. The van der Waals surface area contributed by atoms with Crippen LogP contribution in [0.2, 0.25) is 5.02 Å². The Morgan fingerprint density at radius 1 is 1.38 bits per heavy atom. The van der Waals surface area contributed by atoms with Crippen LogP contribution in [0.15, 0.2) is 12.1 Å². The fourth-order valence-corrected chi connectivity index (χ4v) is 1.22. The zero-order valence-electron chi connectivity index (χ0n) is 7.86. The first kappa shape index (κ1) is 12.8. The van der Waals surface area contributed by atoms with Crippen LogP contribution in [0.4, 0.5) is 17.6 Å². The number of halogens is 5. The van der Waals surface area contributed by atoms with Crippen LogP contribution < -0.4 is 0 Å². The van der Waals surface area contributed by atoms with E-state index >= 15 is 0 Å². The van der Waals surface area contributed by atoms with Crippen LogP contribution in [0.25, 0.3) is 0 Å². The van der Waals surface area contributed by atoms with Crippen molar-refractivity contribution in [3.8, 4) is 0 Å². The second-order valence-corrected chi connectivity index (χ2v) is 3.21. The zero-order valence-corrected chi connectivity index (χ0v) is 8.62. The molecular formula is C9H5ClF4O2. The lowest BCUT2D eigenvalue weighted by Gasteiger charge is -2.12. The van der Waals surface area contributed by atoms with Gasteiger partial charge in [-0.3, -0.25) is 0 Å². The minimum absolute atomic E-state index is 0.350. The molecule has 0 saturated heterocycles. The van der Waals surface area contributed by atoms with E-state index in [1.165, 1.54) is 0 Å². The first-order chi connectivity index (χ1) is 7.27. The summed E-state index contributed by atoms with van der Waals surface area (Å²) in [6.45, 7) is 0. The molecule has 88 valence electrons. The molecule has 1 aromatic carbocycles. The quantitative estimate of drug-likeness (QED) is 0.569. The predicted molar refractivity (Wildman–Crippen MR) is 47.8 cm³/mol. The summed E-state index contributed by atoms with van der Waals surface area (Å²) in [4.78, 5) is 11.0. The molecule has 1 aromatic rings. The van der Waals surface area contributed by atoms with E-state index in [-0.39, 0.29) is 0 Å². The second kappa shape index (κ2) is 4.29. The van der Waals surface area contributed by atoms with Crippen molar-refractivity contribution in [2.75, 3.05) is 7.11 Å². The van der Waals surface area contributed by atoms with Gasteiger partial charge in [0.15, 0.2) is 0 Å². The van der Waals surface area contributed by atoms with Crippen molar-refractivity contribution in [3.05, 3.63) is 34.1 Å². The third-order valence-corrected chi connectivity index (χ3v) is 2.06. The van der Waals surface area contributed by atoms with Crippen molar-refractivity contribution in [1.82, 2.24) is 0 Å². The highest BCUT2D eigenvalue weighted by atomic mass is 35.5. The molecule has 0 bridgehead atoms. The monoisotopic (exact) mass is 256 g/mol. The van der Waals surface area contributed by atoms with E-state index in [1.807, 2.05) is 0 Å². The maximum absolute atomic E-state index is 12.9. The van der Waals surface area contributed by atoms with E-state index < -0.39 is 34.1 Å². The summed E-state index contributed by atoms with van der Waals surface area (Å²) in [6.07, 6.45) is -4.80. The lowest BCUT2D eigenvalue weighted by Crippen LogP contribution is -2.14. The molecule has 0 radical (unpaired) electrons. The molecule has 0 spiro atoms. The van der Waals surface area contributed by atoms with Gasteiger partial charge in [0.1, 0.15) is 5.82 Å². The van der Waals surface area contributed by atoms with Crippen molar-refractivity contribution in [3.63, 3.8) is 0 Å². The van der Waals surface area contributed by atoms with Gasteiger partial charge in [-0.05, 0) is 12.1 Å². The van der Waals surface area contributed by atoms with Crippen LogP contribution in [-0.4, -0.2) is 13.1 Å². The number of benzene rings is 1. The smallest absolute Gasteiger partial charge is 0.417 e. The molecule has 0 aliphatic carbocycles. The van der Waals surface area contributed by atoms with Crippen LogP contribution in [0, 0.1) is 5.82 Å². The summed E-state index contributed by atoms with van der Waals surface area (Å²) in [5.74, 6) is -2.39. The number of alkyl halides is 3. The molecule has 0 fully saturated rings. The number of carbonyl (C=O) groups excluding carboxylic acids is 1. The molecule has 0 aromatic heterocycles. The highest BCUT2D eigenvalue weighted by Gasteiger charge is 2.36. The van der Waals surface area contributed by atoms with Crippen molar-refractivity contribution < 1.29 is 27.1 Å². The Bertz CT molecular complexity index is 428. The van der Waals surface area contributed by atoms with E-state index in [0.29, 0.717) is 12.1 Å². The van der Waals surface area contributed by atoms with E-state index in [4.69, 9.17) is 11.6 Å². The van der Waals surface area contributed by atoms with Gasteiger partial charge in [0.2, 0.25) is 0 Å². The van der Waals surface area contributed by atoms with Crippen molar-refractivity contribution in [2.45, 2.75) is 6.18 Å². The number of carbonyl (C=O) groups is 1. The highest BCUT2D eigenvalue weighted by molar-refractivity contribution is 6.30. The van der Waals surface area contributed by atoms with Gasteiger partial charge in [0, 0.05) is 0 Å². The number of hydrogen-bond donors (Lipinski definition) is 0. The minimum Gasteiger partial charge on any atom is -0.465 e. The summed E-state index contributed by atoms with van der Waals surface area (Å²) in [7, 11) is 0.898. The van der Waals surface area contributed by atoms with Gasteiger partial charge in [0.05, 0.1) is 23.3 Å². The summed E-state index contributed by atoms with van der Waals surface area (Å²) in [5.41, 5.74) is -2.23. The van der Waals surface area contributed by atoms with Crippen LogP contribution in [-0.2, 0) is 10.9 Å². The molecule has 2 nitrogen and oxygen atoms in total. The topological polar surface area (TPSA) is 26.3 Å². The molecular weight excluding hydrogens is 252 g/mol. The summed E-state index contributed by atoms with van der Waals surface area (Å²) in [6, 6.07) is 0.750. The Hall–Kier alpha value is -1.30. The standard InChI is InChI=1S/C9H5ClF4O2/c1-16-8(15)4-2-7(11)6(10)3-5(4)9(12,13)14/h2-3H,1H3. The number of methoxy groups -OCH3 is 1. The van der Waals surface area contributed by atoms with Crippen LogP contribution in [0.1, 0.15) is 15.9 Å². The van der Waals surface area contributed by atoms with Gasteiger partial charge in [-0.25, -0.2) is 9.18 Å². The summed E-state index contributed by atoms with van der Waals surface area (Å²) >= 11 is 5.21. The minimum atomic E-state index is -4.80.